The number of ether oxygens (including phenoxy) is 1. The molecule has 2 aromatic carbocycles. The highest BCUT2D eigenvalue weighted by Gasteiger charge is 2.25. The lowest BCUT2D eigenvalue weighted by Gasteiger charge is -2.20. The van der Waals surface area contributed by atoms with Crippen molar-refractivity contribution < 1.29 is 17.9 Å². The summed E-state index contributed by atoms with van der Waals surface area (Å²) in [6.07, 6.45) is 4.92. The van der Waals surface area contributed by atoms with E-state index in [0.717, 1.165) is 37.7 Å². The number of anilines is 1. The zero-order valence-electron chi connectivity index (χ0n) is 18.3. The molecule has 1 atom stereocenters. The molecule has 1 amide bonds. The molecule has 0 aromatic heterocycles. The van der Waals surface area contributed by atoms with Crippen LogP contribution < -0.4 is 10.1 Å². The molecular formula is C24H32N2O4S. The molecule has 0 saturated carbocycles. The van der Waals surface area contributed by atoms with Crippen LogP contribution in [0, 0.1) is 0 Å². The molecule has 2 aromatic rings. The van der Waals surface area contributed by atoms with E-state index in [9.17, 15) is 13.2 Å². The van der Waals surface area contributed by atoms with E-state index >= 15 is 0 Å². The molecule has 3 rings (SSSR count). The summed E-state index contributed by atoms with van der Waals surface area (Å²) in [5.41, 5.74) is 1.62. The Morgan fingerprint density at radius 1 is 1.03 bits per heavy atom. The molecule has 31 heavy (non-hydrogen) atoms. The second kappa shape index (κ2) is 10.8. The number of carbonyl (C=O) groups is 1. The molecule has 1 saturated heterocycles. The minimum absolute atomic E-state index is 0.110. The molecule has 0 radical (unpaired) electrons. The van der Waals surface area contributed by atoms with Gasteiger partial charge in [-0.25, -0.2) is 8.42 Å². The zero-order valence-corrected chi connectivity index (χ0v) is 19.2. The van der Waals surface area contributed by atoms with Crippen LogP contribution in [0.3, 0.4) is 0 Å². The standard InChI is InChI=1S/C24H32N2O4S/c1-3-19(2)22-10-6-7-11-23(22)30-18-24(27)25-20-12-14-21(15-13-20)31(28,29)26-16-8-4-5-9-17-26/h6-7,10-15,19H,3-5,8-9,16-18H2,1-2H3,(H,25,27)/t19-/m1/s1. The predicted molar refractivity (Wildman–Crippen MR) is 123 cm³/mol. The number of sulfonamides is 1. The van der Waals surface area contributed by atoms with Crippen molar-refractivity contribution in [2.45, 2.75) is 56.8 Å². The van der Waals surface area contributed by atoms with Gasteiger partial charge in [0.05, 0.1) is 4.90 Å². The highest BCUT2D eigenvalue weighted by atomic mass is 32.2. The lowest BCUT2D eigenvalue weighted by atomic mass is 9.98. The second-order valence-electron chi connectivity index (χ2n) is 8.03. The van der Waals surface area contributed by atoms with Crippen LogP contribution in [0.15, 0.2) is 53.4 Å². The topological polar surface area (TPSA) is 75.7 Å². The van der Waals surface area contributed by atoms with Crippen LogP contribution in [0.25, 0.3) is 0 Å². The Bertz CT molecular complexity index is 965. The van der Waals surface area contributed by atoms with E-state index in [2.05, 4.69) is 19.2 Å². The average Bonchev–Trinajstić information content (AvgIpc) is 3.08. The lowest BCUT2D eigenvalue weighted by molar-refractivity contribution is -0.118. The lowest BCUT2D eigenvalue weighted by Crippen LogP contribution is -2.31. The van der Waals surface area contributed by atoms with E-state index in [1.54, 1.807) is 28.6 Å². The normalized spacial score (nSPS) is 16.3. The summed E-state index contributed by atoms with van der Waals surface area (Å²) < 4.78 is 33.0. The fourth-order valence-electron chi connectivity index (χ4n) is 3.72. The fourth-order valence-corrected chi connectivity index (χ4v) is 5.24. The Hall–Kier alpha value is -2.38. The first-order valence-corrected chi connectivity index (χ1v) is 12.5. The number of carbonyl (C=O) groups excluding carboxylic acids is 1. The van der Waals surface area contributed by atoms with Crippen molar-refractivity contribution in [2.24, 2.45) is 0 Å². The van der Waals surface area contributed by atoms with Crippen molar-refractivity contribution in [3.8, 4) is 5.75 Å². The van der Waals surface area contributed by atoms with Gasteiger partial charge in [0.1, 0.15) is 5.75 Å². The second-order valence-corrected chi connectivity index (χ2v) is 9.96. The number of rotatable bonds is 8. The molecule has 0 aliphatic carbocycles. The number of benzene rings is 2. The monoisotopic (exact) mass is 444 g/mol. The third-order valence-corrected chi connectivity index (χ3v) is 7.67. The smallest absolute Gasteiger partial charge is 0.262 e. The van der Waals surface area contributed by atoms with E-state index in [0.29, 0.717) is 30.4 Å². The first-order valence-electron chi connectivity index (χ1n) is 11.0. The van der Waals surface area contributed by atoms with Crippen molar-refractivity contribution in [1.82, 2.24) is 4.31 Å². The van der Waals surface area contributed by atoms with Gasteiger partial charge in [-0.1, -0.05) is 44.9 Å². The maximum absolute atomic E-state index is 12.9. The minimum Gasteiger partial charge on any atom is -0.483 e. The van der Waals surface area contributed by atoms with E-state index in [-0.39, 0.29) is 17.4 Å². The third kappa shape index (κ3) is 6.08. The number of nitrogens with one attached hydrogen (secondary N) is 1. The van der Waals surface area contributed by atoms with Crippen LogP contribution in [0.4, 0.5) is 5.69 Å². The summed E-state index contributed by atoms with van der Waals surface area (Å²) in [5, 5.41) is 2.77. The van der Waals surface area contributed by atoms with E-state index in [1.807, 2.05) is 24.3 Å². The summed E-state index contributed by atoms with van der Waals surface area (Å²) in [6.45, 7) is 5.27. The van der Waals surface area contributed by atoms with Gasteiger partial charge in [-0.05, 0) is 61.1 Å². The van der Waals surface area contributed by atoms with Crippen molar-refractivity contribution >= 4 is 21.6 Å². The SMILES string of the molecule is CC[C@@H](C)c1ccccc1OCC(=O)Nc1ccc(S(=O)(=O)N2CCCCCC2)cc1. The van der Waals surface area contributed by atoms with Crippen molar-refractivity contribution in [2.75, 3.05) is 25.0 Å². The van der Waals surface area contributed by atoms with Crippen molar-refractivity contribution in [3.63, 3.8) is 0 Å². The molecule has 1 aliphatic heterocycles. The van der Waals surface area contributed by atoms with Crippen LogP contribution >= 0.6 is 0 Å². The molecule has 0 spiro atoms. The maximum atomic E-state index is 12.9. The minimum atomic E-state index is -3.50. The van der Waals surface area contributed by atoms with Gasteiger partial charge in [-0.3, -0.25) is 4.79 Å². The number of hydrogen-bond acceptors (Lipinski definition) is 4. The summed E-state index contributed by atoms with van der Waals surface area (Å²) >= 11 is 0. The van der Waals surface area contributed by atoms with Gasteiger partial charge in [-0.15, -0.1) is 0 Å². The Labute approximate surface area is 185 Å². The van der Waals surface area contributed by atoms with Crippen molar-refractivity contribution in [1.29, 1.82) is 0 Å². The zero-order chi connectivity index (χ0) is 22.3. The number of amides is 1. The quantitative estimate of drug-likeness (QED) is 0.636. The highest BCUT2D eigenvalue weighted by Crippen LogP contribution is 2.28. The number of hydrogen-bond donors (Lipinski definition) is 1. The van der Waals surface area contributed by atoms with Gasteiger partial charge in [0.2, 0.25) is 10.0 Å². The first-order chi connectivity index (χ1) is 14.9. The van der Waals surface area contributed by atoms with Gasteiger partial charge in [0.15, 0.2) is 6.61 Å². The first kappa shape index (κ1) is 23.3. The maximum Gasteiger partial charge on any atom is 0.262 e. The number of para-hydroxylation sites is 1. The molecule has 1 fully saturated rings. The fraction of sp³-hybridized carbons (Fsp3) is 0.458. The number of nitrogens with zero attached hydrogens (tertiary/aromatic N) is 1. The van der Waals surface area contributed by atoms with E-state index in [1.165, 1.54) is 0 Å². The molecule has 168 valence electrons. The molecule has 0 unspecified atom stereocenters. The molecular weight excluding hydrogens is 412 g/mol. The Kier molecular flexibility index (Phi) is 8.09. The van der Waals surface area contributed by atoms with Gasteiger partial charge >= 0.3 is 0 Å². The van der Waals surface area contributed by atoms with Crippen molar-refractivity contribution in [3.05, 3.63) is 54.1 Å². The Morgan fingerprint density at radius 2 is 1.68 bits per heavy atom. The molecule has 7 heteroatoms. The van der Waals surface area contributed by atoms with Gasteiger partial charge in [0, 0.05) is 18.8 Å². The third-order valence-electron chi connectivity index (χ3n) is 5.76. The predicted octanol–water partition coefficient (Wildman–Crippen LogP) is 4.78. The molecule has 1 N–H and O–H groups in total. The van der Waals surface area contributed by atoms with E-state index in [4.69, 9.17) is 4.74 Å². The van der Waals surface area contributed by atoms with Gasteiger partial charge in [0.25, 0.3) is 5.91 Å². The Balaban J connectivity index is 1.59. The van der Waals surface area contributed by atoms with Crippen LogP contribution in [0.1, 0.15) is 57.4 Å². The average molecular weight is 445 g/mol. The van der Waals surface area contributed by atoms with Crippen LogP contribution in [-0.4, -0.2) is 38.3 Å². The summed E-state index contributed by atoms with van der Waals surface area (Å²) in [7, 11) is -3.50. The Morgan fingerprint density at radius 3 is 2.32 bits per heavy atom. The van der Waals surface area contributed by atoms with Crippen LogP contribution in [0.5, 0.6) is 5.75 Å². The summed E-state index contributed by atoms with van der Waals surface area (Å²) in [6, 6.07) is 14.1. The molecule has 1 heterocycles. The molecule has 6 nitrogen and oxygen atoms in total. The summed E-state index contributed by atoms with van der Waals surface area (Å²) in [5.74, 6) is 0.769. The highest BCUT2D eigenvalue weighted by molar-refractivity contribution is 7.89. The van der Waals surface area contributed by atoms with Gasteiger partial charge < -0.3 is 10.1 Å². The largest absolute Gasteiger partial charge is 0.483 e. The molecule has 1 aliphatic rings. The van der Waals surface area contributed by atoms with E-state index < -0.39 is 10.0 Å². The summed E-state index contributed by atoms with van der Waals surface area (Å²) in [4.78, 5) is 12.6. The van der Waals surface area contributed by atoms with Crippen LogP contribution in [-0.2, 0) is 14.8 Å². The van der Waals surface area contributed by atoms with Gasteiger partial charge in [-0.2, -0.15) is 4.31 Å². The van der Waals surface area contributed by atoms with Crippen LogP contribution in [0.2, 0.25) is 0 Å². The molecule has 0 bridgehead atoms.